The van der Waals surface area contributed by atoms with E-state index < -0.39 is 12.0 Å². The number of fused-ring (bicyclic) bond motifs is 1. The van der Waals surface area contributed by atoms with E-state index in [0.717, 1.165) is 0 Å². The molecule has 27 heavy (non-hydrogen) atoms. The smallest absolute Gasteiger partial charge is 0.273 e. The SMILES string of the molecule is COc1ccc(/C=N/NC(=O)C(OC)c2ccc3c(c2)OCCO3)cc1O. The van der Waals surface area contributed by atoms with Crippen molar-refractivity contribution in [3.05, 3.63) is 47.5 Å². The van der Waals surface area contributed by atoms with Gasteiger partial charge in [-0.1, -0.05) is 6.07 Å². The van der Waals surface area contributed by atoms with Crippen molar-refractivity contribution >= 4 is 12.1 Å². The molecule has 3 rings (SSSR count). The number of benzene rings is 2. The summed E-state index contributed by atoms with van der Waals surface area (Å²) in [7, 11) is 2.90. The number of nitrogens with one attached hydrogen (secondary N) is 1. The second kappa shape index (κ2) is 8.41. The molecule has 8 nitrogen and oxygen atoms in total. The summed E-state index contributed by atoms with van der Waals surface area (Å²) in [6.45, 7) is 0.954. The minimum absolute atomic E-state index is 0.0150. The molecule has 0 aromatic heterocycles. The molecule has 1 aliphatic heterocycles. The molecule has 0 saturated carbocycles. The molecule has 0 bridgehead atoms. The van der Waals surface area contributed by atoms with E-state index in [1.165, 1.54) is 26.5 Å². The largest absolute Gasteiger partial charge is 0.504 e. The van der Waals surface area contributed by atoms with Gasteiger partial charge in [-0.25, -0.2) is 5.43 Å². The topological polar surface area (TPSA) is 98.6 Å². The standard InChI is InChI=1S/C19H20N2O6/c1-24-15-5-3-12(9-14(15)22)11-20-21-19(23)18(25-2)13-4-6-16-17(10-13)27-8-7-26-16/h3-6,9-11,18,22H,7-8H2,1-2H3,(H,21,23)/b20-11+. The summed E-state index contributed by atoms with van der Waals surface area (Å²) >= 11 is 0. The molecule has 1 unspecified atom stereocenters. The van der Waals surface area contributed by atoms with E-state index >= 15 is 0 Å². The van der Waals surface area contributed by atoms with Crippen LogP contribution < -0.4 is 19.6 Å². The average Bonchev–Trinajstić information content (AvgIpc) is 2.68. The van der Waals surface area contributed by atoms with Gasteiger partial charge in [-0.05, 0) is 41.5 Å². The second-order valence-electron chi connectivity index (χ2n) is 5.68. The third-order valence-electron chi connectivity index (χ3n) is 3.93. The maximum Gasteiger partial charge on any atom is 0.273 e. The molecule has 0 spiro atoms. The summed E-state index contributed by atoms with van der Waals surface area (Å²) in [6, 6.07) is 9.98. The van der Waals surface area contributed by atoms with Gasteiger partial charge in [0, 0.05) is 7.11 Å². The lowest BCUT2D eigenvalue weighted by Crippen LogP contribution is -2.27. The predicted molar refractivity (Wildman–Crippen MR) is 97.6 cm³/mol. The van der Waals surface area contributed by atoms with E-state index in [2.05, 4.69) is 10.5 Å². The van der Waals surface area contributed by atoms with Crippen LogP contribution in [0.25, 0.3) is 0 Å². The van der Waals surface area contributed by atoms with Crippen molar-refractivity contribution in [1.29, 1.82) is 0 Å². The van der Waals surface area contributed by atoms with Crippen molar-refractivity contribution in [2.45, 2.75) is 6.10 Å². The number of carbonyl (C=O) groups excluding carboxylic acids is 1. The Labute approximate surface area is 156 Å². The normalized spacial score (nSPS) is 14.0. The van der Waals surface area contributed by atoms with Crippen LogP contribution in [0.5, 0.6) is 23.0 Å². The van der Waals surface area contributed by atoms with Crippen LogP contribution in [-0.2, 0) is 9.53 Å². The Kier molecular flexibility index (Phi) is 5.77. The van der Waals surface area contributed by atoms with Crippen LogP contribution in [0.2, 0.25) is 0 Å². The lowest BCUT2D eigenvalue weighted by Gasteiger charge is -2.20. The number of phenolic OH excluding ortho intramolecular Hbond substituents is 1. The molecule has 0 radical (unpaired) electrons. The van der Waals surface area contributed by atoms with Crippen LogP contribution in [0.4, 0.5) is 0 Å². The van der Waals surface area contributed by atoms with Gasteiger partial charge in [-0.15, -0.1) is 0 Å². The fourth-order valence-corrected chi connectivity index (χ4v) is 2.63. The molecule has 142 valence electrons. The lowest BCUT2D eigenvalue weighted by molar-refractivity contribution is -0.131. The Balaban J connectivity index is 1.67. The summed E-state index contributed by atoms with van der Waals surface area (Å²) in [6.07, 6.45) is 0.551. The quantitative estimate of drug-likeness (QED) is 0.595. The summed E-state index contributed by atoms with van der Waals surface area (Å²) in [4.78, 5) is 12.4. The van der Waals surface area contributed by atoms with Gasteiger partial charge in [0.05, 0.1) is 13.3 Å². The van der Waals surface area contributed by atoms with Crippen molar-refractivity contribution in [3.63, 3.8) is 0 Å². The highest BCUT2D eigenvalue weighted by Crippen LogP contribution is 2.33. The number of nitrogens with zero attached hydrogens (tertiary/aromatic N) is 1. The predicted octanol–water partition coefficient (Wildman–Crippen LogP) is 2.01. The molecular weight excluding hydrogens is 352 g/mol. The van der Waals surface area contributed by atoms with E-state index in [-0.39, 0.29) is 5.75 Å². The summed E-state index contributed by atoms with van der Waals surface area (Å²) in [5.74, 6) is 1.11. The highest BCUT2D eigenvalue weighted by atomic mass is 16.6. The van der Waals surface area contributed by atoms with Crippen molar-refractivity contribution in [2.75, 3.05) is 27.4 Å². The van der Waals surface area contributed by atoms with Gasteiger partial charge in [-0.2, -0.15) is 5.10 Å². The molecule has 8 heteroatoms. The van der Waals surface area contributed by atoms with Gasteiger partial charge in [0.25, 0.3) is 5.91 Å². The first-order chi connectivity index (χ1) is 13.1. The maximum atomic E-state index is 12.4. The third-order valence-corrected chi connectivity index (χ3v) is 3.93. The highest BCUT2D eigenvalue weighted by molar-refractivity contribution is 5.85. The first-order valence-corrected chi connectivity index (χ1v) is 8.24. The fraction of sp³-hybridized carbons (Fsp3) is 0.263. The zero-order valence-electron chi connectivity index (χ0n) is 15.0. The molecular formula is C19H20N2O6. The number of ether oxygens (including phenoxy) is 4. The van der Waals surface area contributed by atoms with E-state index in [0.29, 0.717) is 41.6 Å². The second-order valence-corrected chi connectivity index (χ2v) is 5.68. The Morgan fingerprint density at radius 1 is 1.19 bits per heavy atom. The Bertz CT molecular complexity index is 852. The number of amides is 1. The summed E-state index contributed by atoms with van der Waals surface area (Å²) in [5, 5.41) is 13.7. The molecule has 0 saturated heterocycles. The average molecular weight is 372 g/mol. The van der Waals surface area contributed by atoms with Crippen molar-refractivity contribution < 1.29 is 28.8 Å². The number of phenols is 1. The van der Waals surface area contributed by atoms with Crippen molar-refractivity contribution in [1.82, 2.24) is 5.43 Å². The first kappa shape index (κ1) is 18.5. The molecule has 1 heterocycles. The van der Waals surface area contributed by atoms with Gasteiger partial charge < -0.3 is 24.1 Å². The van der Waals surface area contributed by atoms with Crippen LogP contribution in [0.3, 0.4) is 0 Å². The van der Waals surface area contributed by atoms with E-state index in [4.69, 9.17) is 18.9 Å². The number of methoxy groups -OCH3 is 2. The summed E-state index contributed by atoms with van der Waals surface area (Å²) in [5.41, 5.74) is 3.65. The Morgan fingerprint density at radius 3 is 2.67 bits per heavy atom. The van der Waals surface area contributed by atoms with Crippen molar-refractivity contribution in [2.24, 2.45) is 5.10 Å². The molecule has 1 amide bonds. The van der Waals surface area contributed by atoms with Crippen LogP contribution in [0, 0.1) is 0 Å². The van der Waals surface area contributed by atoms with Crippen LogP contribution >= 0.6 is 0 Å². The molecule has 2 N–H and O–H groups in total. The van der Waals surface area contributed by atoms with Gasteiger partial charge in [-0.3, -0.25) is 4.79 Å². The first-order valence-electron chi connectivity index (χ1n) is 8.24. The molecule has 2 aromatic carbocycles. The van der Waals surface area contributed by atoms with Crippen molar-refractivity contribution in [3.8, 4) is 23.0 Å². The zero-order valence-corrected chi connectivity index (χ0v) is 15.0. The number of hydrogen-bond donors (Lipinski definition) is 2. The highest BCUT2D eigenvalue weighted by Gasteiger charge is 2.22. The minimum atomic E-state index is -0.859. The van der Waals surface area contributed by atoms with E-state index in [9.17, 15) is 9.90 Å². The number of hydrogen-bond acceptors (Lipinski definition) is 7. The molecule has 1 aliphatic rings. The zero-order chi connectivity index (χ0) is 19.2. The fourth-order valence-electron chi connectivity index (χ4n) is 2.63. The minimum Gasteiger partial charge on any atom is -0.504 e. The van der Waals surface area contributed by atoms with E-state index in [1.54, 1.807) is 30.3 Å². The molecule has 0 aliphatic carbocycles. The molecule has 1 atom stereocenters. The summed E-state index contributed by atoms with van der Waals surface area (Å²) < 4.78 is 21.3. The van der Waals surface area contributed by atoms with Crippen LogP contribution in [0.15, 0.2) is 41.5 Å². The van der Waals surface area contributed by atoms with Crippen LogP contribution in [0.1, 0.15) is 17.2 Å². The molecule has 0 fully saturated rings. The van der Waals surface area contributed by atoms with E-state index in [1.807, 2.05) is 0 Å². The van der Waals surface area contributed by atoms with Gasteiger partial charge in [0.1, 0.15) is 13.2 Å². The van der Waals surface area contributed by atoms with Gasteiger partial charge in [0.2, 0.25) is 0 Å². The Hall–Kier alpha value is -3.26. The number of rotatable bonds is 6. The molecule has 2 aromatic rings. The Morgan fingerprint density at radius 2 is 1.96 bits per heavy atom. The van der Waals surface area contributed by atoms with Gasteiger partial charge in [0.15, 0.2) is 29.1 Å². The van der Waals surface area contributed by atoms with Gasteiger partial charge >= 0.3 is 0 Å². The number of aromatic hydroxyl groups is 1. The van der Waals surface area contributed by atoms with Crippen LogP contribution in [-0.4, -0.2) is 44.7 Å². The lowest BCUT2D eigenvalue weighted by atomic mass is 10.1. The monoisotopic (exact) mass is 372 g/mol. The number of carbonyl (C=O) groups is 1. The number of hydrazone groups is 1. The maximum absolute atomic E-state index is 12.4. The third kappa shape index (κ3) is 4.29.